The molecule has 0 atom stereocenters. The average Bonchev–Trinajstić information content (AvgIpc) is 2.03. The SMILES string of the molecule is CN(C)CCC1OCCCO1. The third kappa shape index (κ3) is 3.70. The van der Waals surface area contributed by atoms with Crippen molar-refractivity contribution in [3.8, 4) is 0 Å². The minimum absolute atomic E-state index is 0.0474. The van der Waals surface area contributed by atoms with Gasteiger partial charge in [-0.1, -0.05) is 0 Å². The van der Waals surface area contributed by atoms with Crippen molar-refractivity contribution in [2.24, 2.45) is 0 Å². The first kappa shape index (κ1) is 8.97. The quantitative estimate of drug-likeness (QED) is 0.605. The Morgan fingerprint density at radius 3 is 2.45 bits per heavy atom. The summed E-state index contributed by atoms with van der Waals surface area (Å²) in [6, 6.07) is 0. The highest BCUT2D eigenvalue weighted by atomic mass is 16.7. The number of hydrogen-bond donors (Lipinski definition) is 0. The maximum Gasteiger partial charge on any atom is 0.158 e. The fourth-order valence-electron chi connectivity index (χ4n) is 1.07. The summed E-state index contributed by atoms with van der Waals surface area (Å²) >= 11 is 0. The van der Waals surface area contributed by atoms with Crippen molar-refractivity contribution in [1.29, 1.82) is 0 Å². The Bertz CT molecular complexity index is 100. The van der Waals surface area contributed by atoms with E-state index in [1.54, 1.807) is 0 Å². The molecule has 0 aromatic carbocycles. The predicted octanol–water partition coefficient (Wildman–Crippen LogP) is 0.701. The molecule has 1 aliphatic heterocycles. The summed E-state index contributed by atoms with van der Waals surface area (Å²) in [5.74, 6) is 0. The van der Waals surface area contributed by atoms with Gasteiger partial charge in [-0.15, -0.1) is 0 Å². The van der Waals surface area contributed by atoms with Crippen LogP contribution in [0, 0.1) is 0 Å². The van der Waals surface area contributed by atoms with Gasteiger partial charge in [0.05, 0.1) is 13.2 Å². The van der Waals surface area contributed by atoms with Gasteiger partial charge in [0.2, 0.25) is 0 Å². The van der Waals surface area contributed by atoms with E-state index in [0.717, 1.165) is 32.6 Å². The molecular formula is C8H17NO2. The second-order valence-corrected chi connectivity index (χ2v) is 3.12. The average molecular weight is 159 g/mol. The van der Waals surface area contributed by atoms with E-state index in [4.69, 9.17) is 9.47 Å². The maximum absolute atomic E-state index is 5.38. The van der Waals surface area contributed by atoms with Crippen LogP contribution in [-0.2, 0) is 9.47 Å². The van der Waals surface area contributed by atoms with Crippen LogP contribution in [0.25, 0.3) is 0 Å². The smallest absolute Gasteiger partial charge is 0.158 e. The molecule has 0 aromatic rings. The van der Waals surface area contributed by atoms with E-state index in [9.17, 15) is 0 Å². The van der Waals surface area contributed by atoms with Crippen LogP contribution in [-0.4, -0.2) is 45.0 Å². The van der Waals surface area contributed by atoms with Crippen LogP contribution in [0.4, 0.5) is 0 Å². The topological polar surface area (TPSA) is 21.7 Å². The van der Waals surface area contributed by atoms with E-state index >= 15 is 0 Å². The molecule has 11 heavy (non-hydrogen) atoms. The van der Waals surface area contributed by atoms with E-state index < -0.39 is 0 Å². The summed E-state index contributed by atoms with van der Waals surface area (Å²) in [7, 11) is 4.12. The summed E-state index contributed by atoms with van der Waals surface area (Å²) in [5.41, 5.74) is 0. The second-order valence-electron chi connectivity index (χ2n) is 3.12. The first-order chi connectivity index (χ1) is 5.29. The third-order valence-electron chi connectivity index (χ3n) is 1.71. The Morgan fingerprint density at radius 2 is 1.91 bits per heavy atom. The first-order valence-electron chi connectivity index (χ1n) is 4.17. The zero-order chi connectivity index (χ0) is 8.10. The van der Waals surface area contributed by atoms with Gasteiger partial charge in [-0.05, 0) is 20.5 Å². The molecule has 0 amide bonds. The molecule has 0 saturated carbocycles. The van der Waals surface area contributed by atoms with Crippen LogP contribution < -0.4 is 0 Å². The Balaban J connectivity index is 2.05. The van der Waals surface area contributed by atoms with Crippen LogP contribution in [0.15, 0.2) is 0 Å². The van der Waals surface area contributed by atoms with Gasteiger partial charge in [0.1, 0.15) is 0 Å². The summed E-state index contributed by atoms with van der Waals surface area (Å²) < 4.78 is 10.8. The van der Waals surface area contributed by atoms with Gasteiger partial charge in [0, 0.05) is 13.0 Å². The normalized spacial score (nSPS) is 21.0. The Labute approximate surface area is 68.3 Å². The number of rotatable bonds is 3. The van der Waals surface area contributed by atoms with Gasteiger partial charge >= 0.3 is 0 Å². The fraction of sp³-hybridized carbons (Fsp3) is 1.00. The van der Waals surface area contributed by atoms with Crippen LogP contribution in [0.3, 0.4) is 0 Å². The van der Waals surface area contributed by atoms with E-state index in [2.05, 4.69) is 19.0 Å². The van der Waals surface area contributed by atoms with E-state index in [-0.39, 0.29) is 6.29 Å². The predicted molar refractivity (Wildman–Crippen MR) is 43.5 cm³/mol. The molecule has 1 rings (SSSR count). The van der Waals surface area contributed by atoms with Crippen LogP contribution in [0.1, 0.15) is 12.8 Å². The van der Waals surface area contributed by atoms with Crippen molar-refractivity contribution >= 4 is 0 Å². The zero-order valence-electron chi connectivity index (χ0n) is 7.38. The molecule has 1 heterocycles. The van der Waals surface area contributed by atoms with Crippen molar-refractivity contribution in [3.63, 3.8) is 0 Å². The van der Waals surface area contributed by atoms with Crippen molar-refractivity contribution in [3.05, 3.63) is 0 Å². The highest BCUT2D eigenvalue weighted by molar-refractivity contribution is 4.53. The molecule has 0 radical (unpaired) electrons. The van der Waals surface area contributed by atoms with Gasteiger partial charge in [0.25, 0.3) is 0 Å². The van der Waals surface area contributed by atoms with Gasteiger partial charge in [0.15, 0.2) is 6.29 Å². The van der Waals surface area contributed by atoms with Crippen molar-refractivity contribution < 1.29 is 9.47 Å². The maximum atomic E-state index is 5.38. The van der Waals surface area contributed by atoms with Gasteiger partial charge in [-0.25, -0.2) is 0 Å². The minimum Gasteiger partial charge on any atom is -0.353 e. The monoisotopic (exact) mass is 159 g/mol. The lowest BCUT2D eigenvalue weighted by Gasteiger charge is -2.24. The van der Waals surface area contributed by atoms with E-state index in [1.165, 1.54) is 0 Å². The number of nitrogens with zero attached hydrogens (tertiary/aromatic N) is 1. The highest BCUT2D eigenvalue weighted by Gasteiger charge is 2.13. The summed E-state index contributed by atoms with van der Waals surface area (Å²) in [4.78, 5) is 2.14. The molecule has 1 aliphatic rings. The molecule has 66 valence electrons. The lowest BCUT2D eigenvalue weighted by molar-refractivity contribution is -0.182. The van der Waals surface area contributed by atoms with Gasteiger partial charge in [-0.3, -0.25) is 0 Å². The molecule has 0 N–H and O–H groups in total. The lowest BCUT2D eigenvalue weighted by Crippen LogP contribution is -2.28. The first-order valence-corrected chi connectivity index (χ1v) is 4.17. The number of ether oxygens (including phenoxy) is 2. The third-order valence-corrected chi connectivity index (χ3v) is 1.71. The largest absolute Gasteiger partial charge is 0.353 e. The van der Waals surface area contributed by atoms with Gasteiger partial charge < -0.3 is 14.4 Å². The summed E-state index contributed by atoms with van der Waals surface area (Å²) in [6.45, 7) is 2.75. The molecule has 0 bridgehead atoms. The van der Waals surface area contributed by atoms with Crippen LogP contribution in [0.2, 0.25) is 0 Å². The van der Waals surface area contributed by atoms with Gasteiger partial charge in [-0.2, -0.15) is 0 Å². The zero-order valence-corrected chi connectivity index (χ0v) is 7.38. The standard InChI is InChI=1S/C8H17NO2/c1-9(2)5-4-8-10-6-3-7-11-8/h8H,3-7H2,1-2H3. The molecular weight excluding hydrogens is 142 g/mol. The van der Waals surface area contributed by atoms with E-state index in [0.29, 0.717) is 0 Å². The Hall–Kier alpha value is -0.120. The van der Waals surface area contributed by atoms with E-state index in [1.807, 2.05) is 0 Å². The van der Waals surface area contributed by atoms with Crippen LogP contribution in [0.5, 0.6) is 0 Å². The molecule has 1 fully saturated rings. The highest BCUT2D eigenvalue weighted by Crippen LogP contribution is 2.08. The number of hydrogen-bond acceptors (Lipinski definition) is 3. The molecule has 3 heteroatoms. The minimum atomic E-state index is 0.0474. The molecule has 0 aliphatic carbocycles. The lowest BCUT2D eigenvalue weighted by atomic mass is 10.3. The summed E-state index contributed by atoms with van der Waals surface area (Å²) in [5, 5.41) is 0. The molecule has 1 saturated heterocycles. The van der Waals surface area contributed by atoms with Crippen molar-refractivity contribution in [2.45, 2.75) is 19.1 Å². The van der Waals surface area contributed by atoms with Crippen LogP contribution >= 0.6 is 0 Å². The fourth-order valence-corrected chi connectivity index (χ4v) is 1.07. The molecule has 0 unspecified atom stereocenters. The Morgan fingerprint density at radius 1 is 1.27 bits per heavy atom. The summed E-state index contributed by atoms with van der Waals surface area (Å²) in [6.07, 6.45) is 2.07. The van der Waals surface area contributed by atoms with Crippen molar-refractivity contribution in [1.82, 2.24) is 4.90 Å². The van der Waals surface area contributed by atoms with Crippen molar-refractivity contribution in [2.75, 3.05) is 33.9 Å². The second kappa shape index (κ2) is 4.70. The Kier molecular flexibility index (Phi) is 3.83. The molecule has 3 nitrogen and oxygen atoms in total. The molecule has 0 spiro atoms. The molecule has 0 aromatic heterocycles.